The van der Waals surface area contributed by atoms with Crippen LogP contribution >= 0.6 is 0 Å². The number of nitrogens with zero attached hydrogens (tertiary/aromatic N) is 2. The molecule has 0 radical (unpaired) electrons. The molecule has 0 aliphatic heterocycles. The zero-order chi connectivity index (χ0) is 14.7. The van der Waals surface area contributed by atoms with Crippen molar-refractivity contribution in [1.82, 2.24) is 9.97 Å². The SMILES string of the molecule is CCOc1cc2c(Nc3ccccc3)ncnc2cc1O. The first-order valence-corrected chi connectivity index (χ1v) is 6.70. The summed E-state index contributed by atoms with van der Waals surface area (Å²) in [5.41, 5.74) is 1.59. The van der Waals surface area contributed by atoms with Crippen LogP contribution in [0.2, 0.25) is 0 Å². The van der Waals surface area contributed by atoms with Crippen molar-refractivity contribution in [2.75, 3.05) is 11.9 Å². The summed E-state index contributed by atoms with van der Waals surface area (Å²) in [4.78, 5) is 8.45. The van der Waals surface area contributed by atoms with Crippen LogP contribution < -0.4 is 10.1 Å². The van der Waals surface area contributed by atoms with E-state index >= 15 is 0 Å². The van der Waals surface area contributed by atoms with Crippen molar-refractivity contribution in [3.8, 4) is 11.5 Å². The molecule has 0 aliphatic rings. The molecule has 0 bridgehead atoms. The van der Waals surface area contributed by atoms with Crippen molar-refractivity contribution in [2.24, 2.45) is 0 Å². The molecule has 0 saturated heterocycles. The second-order valence-corrected chi connectivity index (χ2v) is 4.48. The van der Waals surface area contributed by atoms with Crippen molar-refractivity contribution in [1.29, 1.82) is 0 Å². The van der Waals surface area contributed by atoms with Gasteiger partial charge in [-0.05, 0) is 25.1 Å². The van der Waals surface area contributed by atoms with Crippen molar-refractivity contribution < 1.29 is 9.84 Å². The quantitative estimate of drug-likeness (QED) is 0.766. The number of anilines is 2. The Morgan fingerprint density at radius 1 is 1.14 bits per heavy atom. The van der Waals surface area contributed by atoms with E-state index in [0.29, 0.717) is 23.7 Å². The Bertz CT molecular complexity index is 760. The Morgan fingerprint density at radius 2 is 1.95 bits per heavy atom. The van der Waals surface area contributed by atoms with Gasteiger partial charge in [-0.3, -0.25) is 0 Å². The van der Waals surface area contributed by atoms with Gasteiger partial charge in [-0.2, -0.15) is 0 Å². The molecule has 1 aromatic heterocycles. The number of nitrogens with one attached hydrogen (secondary N) is 1. The van der Waals surface area contributed by atoms with Crippen LogP contribution in [0.5, 0.6) is 11.5 Å². The molecule has 2 aromatic carbocycles. The van der Waals surface area contributed by atoms with Crippen molar-refractivity contribution in [3.05, 3.63) is 48.8 Å². The number of ether oxygens (including phenoxy) is 1. The van der Waals surface area contributed by atoms with Crippen molar-refractivity contribution in [2.45, 2.75) is 6.92 Å². The van der Waals surface area contributed by atoms with Crippen LogP contribution in [0.1, 0.15) is 6.92 Å². The minimum atomic E-state index is 0.0775. The lowest BCUT2D eigenvalue weighted by Crippen LogP contribution is -1.97. The third kappa shape index (κ3) is 2.72. The van der Waals surface area contributed by atoms with E-state index in [1.807, 2.05) is 37.3 Å². The van der Waals surface area contributed by atoms with E-state index in [-0.39, 0.29) is 5.75 Å². The molecule has 5 nitrogen and oxygen atoms in total. The molecule has 21 heavy (non-hydrogen) atoms. The highest BCUT2D eigenvalue weighted by molar-refractivity contribution is 5.92. The zero-order valence-electron chi connectivity index (χ0n) is 11.6. The molecule has 0 fully saturated rings. The van der Waals surface area contributed by atoms with Gasteiger partial charge in [0.1, 0.15) is 12.1 Å². The monoisotopic (exact) mass is 281 g/mol. The fourth-order valence-electron chi connectivity index (χ4n) is 2.10. The molecule has 0 amide bonds. The third-order valence-electron chi connectivity index (χ3n) is 3.05. The van der Waals surface area contributed by atoms with Crippen LogP contribution in [0.25, 0.3) is 10.9 Å². The van der Waals surface area contributed by atoms with Crippen LogP contribution in [-0.2, 0) is 0 Å². The second-order valence-electron chi connectivity index (χ2n) is 4.48. The van der Waals surface area contributed by atoms with Crippen LogP contribution in [-0.4, -0.2) is 21.7 Å². The lowest BCUT2D eigenvalue weighted by molar-refractivity contribution is 0.319. The second kappa shape index (κ2) is 5.66. The Morgan fingerprint density at radius 3 is 2.71 bits per heavy atom. The van der Waals surface area contributed by atoms with E-state index < -0.39 is 0 Å². The Labute approximate surface area is 122 Å². The maximum absolute atomic E-state index is 9.91. The summed E-state index contributed by atoms with van der Waals surface area (Å²) in [6, 6.07) is 13.1. The summed E-state index contributed by atoms with van der Waals surface area (Å²) in [7, 11) is 0. The van der Waals surface area contributed by atoms with Gasteiger partial charge in [0.15, 0.2) is 11.5 Å². The Hall–Kier alpha value is -2.82. The summed E-state index contributed by atoms with van der Waals surface area (Å²) in [5, 5.41) is 14.0. The molecule has 0 aliphatic carbocycles. The lowest BCUT2D eigenvalue weighted by Gasteiger charge is -2.11. The van der Waals surface area contributed by atoms with Gasteiger partial charge in [-0.25, -0.2) is 9.97 Å². The standard InChI is InChI=1S/C16H15N3O2/c1-2-21-15-8-12-13(9-14(15)20)17-10-18-16(12)19-11-6-4-3-5-7-11/h3-10,20H,2H2,1H3,(H,17,18,19). The first-order chi connectivity index (χ1) is 10.3. The Kier molecular flexibility index (Phi) is 3.55. The molecule has 1 heterocycles. The van der Waals surface area contributed by atoms with Crippen LogP contribution in [0.15, 0.2) is 48.8 Å². The minimum Gasteiger partial charge on any atom is -0.504 e. The molecular formula is C16H15N3O2. The number of para-hydroxylation sites is 1. The average molecular weight is 281 g/mol. The van der Waals surface area contributed by atoms with Gasteiger partial charge >= 0.3 is 0 Å². The number of hydrogen-bond donors (Lipinski definition) is 2. The molecule has 3 rings (SSSR count). The van der Waals surface area contributed by atoms with E-state index in [1.165, 1.54) is 6.33 Å². The number of phenols is 1. The first kappa shape index (κ1) is 13.2. The average Bonchev–Trinajstić information content (AvgIpc) is 2.50. The molecule has 0 saturated carbocycles. The van der Waals surface area contributed by atoms with E-state index in [4.69, 9.17) is 4.74 Å². The predicted octanol–water partition coefficient (Wildman–Crippen LogP) is 3.48. The lowest BCUT2D eigenvalue weighted by atomic mass is 10.2. The smallest absolute Gasteiger partial charge is 0.161 e. The number of aromatic hydroxyl groups is 1. The highest BCUT2D eigenvalue weighted by Gasteiger charge is 2.10. The fraction of sp³-hybridized carbons (Fsp3) is 0.125. The number of hydrogen-bond acceptors (Lipinski definition) is 5. The molecule has 0 unspecified atom stereocenters. The fourth-order valence-corrected chi connectivity index (χ4v) is 2.10. The van der Waals surface area contributed by atoms with Gasteiger partial charge in [0, 0.05) is 17.1 Å². The molecule has 2 N–H and O–H groups in total. The highest BCUT2D eigenvalue weighted by Crippen LogP contribution is 2.33. The third-order valence-corrected chi connectivity index (χ3v) is 3.05. The zero-order valence-corrected chi connectivity index (χ0v) is 11.6. The van der Waals surface area contributed by atoms with Gasteiger partial charge in [0.05, 0.1) is 12.1 Å². The molecular weight excluding hydrogens is 266 g/mol. The van der Waals surface area contributed by atoms with E-state index in [9.17, 15) is 5.11 Å². The van der Waals surface area contributed by atoms with E-state index in [1.54, 1.807) is 12.1 Å². The largest absolute Gasteiger partial charge is 0.504 e. The maximum Gasteiger partial charge on any atom is 0.161 e. The van der Waals surface area contributed by atoms with Crippen LogP contribution in [0.3, 0.4) is 0 Å². The summed E-state index contributed by atoms with van der Waals surface area (Å²) in [6.45, 7) is 2.35. The number of phenolic OH excluding ortho intramolecular Hbond substituents is 1. The normalized spacial score (nSPS) is 10.5. The van der Waals surface area contributed by atoms with E-state index in [0.717, 1.165) is 11.1 Å². The van der Waals surface area contributed by atoms with E-state index in [2.05, 4.69) is 15.3 Å². The van der Waals surface area contributed by atoms with Gasteiger partial charge in [0.25, 0.3) is 0 Å². The molecule has 5 heteroatoms. The summed E-state index contributed by atoms with van der Waals surface area (Å²) >= 11 is 0. The molecule has 106 valence electrons. The highest BCUT2D eigenvalue weighted by atomic mass is 16.5. The van der Waals surface area contributed by atoms with Crippen LogP contribution in [0.4, 0.5) is 11.5 Å². The van der Waals surface area contributed by atoms with Gasteiger partial charge in [-0.15, -0.1) is 0 Å². The maximum atomic E-state index is 9.91. The first-order valence-electron chi connectivity index (χ1n) is 6.70. The topological polar surface area (TPSA) is 67.3 Å². The molecule has 0 spiro atoms. The van der Waals surface area contributed by atoms with Crippen LogP contribution in [0, 0.1) is 0 Å². The van der Waals surface area contributed by atoms with Crippen molar-refractivity contribution in [3.63, 3.8) is 0 Å². The number of aromatic nitrogens is 2. The number of benzene rings is 2. The summed E-state index contributed by atoms with van der Waals surface area (Å²) in [6.07, 6.45) is 1.47. The Balaban J connectivity index is 2.07. The van der Waals surface area contributed by atoms with Gasteiger partial charge in [0.2, 0.25) is 0 Å². The number of rotatable bonds is 4. The predicted molar refractivity (Wildman–Crippen MR) is 82.1 cm³/mol. The molecule has 0 atom stereocenters. The summed E-state index contributed by atoms with van der Waals surface area (Å²) in [5.74, 6) is 1.18. The minimum absolute atomic E-state index is 0.0775. The van der Waals surface area contributed by atoms with Gasteiger partial charge in [-0.1, -0.05) is 18.2 Å². The van der Waals surface area contributed by atoms with Gasteiger partial charge < -0.3 is 15.2 Å². The van der Waals surface area contributed by atoms with Crippen molar-refractivity contribution >= 4 is 22.4 Å². The number of fused-ring (bicyclic) bond motifs is 1. The molecule has 3 aromatic rings. The summed E-state index contributed by atoms with van der Waals surface area (Å²) < 4.78 is 5.42.